The molecule has 2 rings (SSSR count). The molecule has 2 aromatic rings. The van der Waals surface area contributed by atoms with E-state index >= 15 is 0 Å². The van der Waals surface area contributed by atoms with Crippen LogP contribution in [0.5, 0.6) is 0 Å². The maximum Gasteiger partial charge on any atom is 0.255 e. The van der Waals surface area contributed by atoms with E-state index in [1.807, 2.05) is 19.9 Å². The molecule has 0 radical (unpaired) electrons. The maximum absolute atomic E-state index is 13.3. The molecule has 21 heavy (non-hydrogen) atoms. The van der Waals surface area contributed by atoms with E-state index < -0.39 is 11.6 Å². The van der Waals surface area contributed by atoms with Crippen molar-refractivity contribution in [3.05, 3.63) is 56.8 Å². The zero-order valence-corrected chi connectivity index (χ0v) is 13.2. The molecule has 1 atom stereocenters. The molecule has 2 nitrogen and oxygen atoms in total. The molecule has 0 bridgehead atoms. The van der Waals surface area contributed by atoms with Crippen molar-refractivity contribution in [3.63, 3.8) is 0 Å². The highest BCUT2D eigenvalue weighted by Crippen LogP contribution is 2.26. The minimum absolute atomic E-state index is 0.117. The molecule has 0 aliphatic rings. The molecule has 0 saturated carbocycles. The molecular weight excluding hydrogens is 292 g/mol. The number of amides is 1. The first-order chi connectivity index (χ1) is 9.81. The Balaban J connectivity index is 2.26. The highest BCUT2D eigenvalue weighted by Gasteiger charge is 2.22. The van der Waals surface area contributed by atoms with Gasteiger partial charge in [0.2, 0.25) is 0 Å². The summed E-state index contributed by atoms with van der Waals surface area (Å²) in [6.07, 6.45) is 0. The number of rotatable bonds is 3. The van der Waals surface area contributed by atoms with Crippen molar-refractivity contribution in [2.75, 3.05) is 7.05 Å². The number of thiophene rings is 1. The summed E-state index contributed by atoms with van der Waals surface area (Å²) in [6, 6.07) is 5.23. The van der Waals surface area contributed by atoms with Crippen LogP contribution in [0.2, 0.25) is 0 Å². The van der Waals surface area contributed by atoms with Gasteiger partial charge < -0.3 is 4.90 Å². The van der Waals surface area contributed by atoms with Gasteiger partial charge in [0.25, 0.3) is 5.91 Å². The first-order valence-electron chi connectivity index (χ1n) is 6.60. The maximum atomic E-state index is 13.3. The van der Waals surface area contributed by atoms with Crippen molar-refractivity contribution in [2.24, 2.45) is 0 Å². The number of hydrogen-bond acceptors (Lipinski definition) is 2. The van der Waals surface area contributed by atoms with Gasteiger partial charge in [-0.2, -0.15) is 0 Å². The van der Waals surface area contributed by atoms with E-state index in [9.17, 15) is 13.6 Å². The molecule has 0 aliphatic heterocycles. The second kappa shape index (κ2) is 5.93. The van der Waals surface area contributed by atoms with Gasteiger partial charge in [0, 0.05) is 16.8 Å². The number of carbonyl (C=O) groups is 1. The van der Waals surface area contributed by atoms with Crippen molar-refractivity contribution in [1.29, 1.82) is 0 Å². The minimum atomic E-state index is -0.900. The average Bonchev–Trinajstić information content (AvgIpc) is 2.78. The van der Waals surface area contributed by atoms with Gasteiger partial charge in [-0.3, -0.25) is 4.79 Å². The summed E-state index contributed by atoms with van der Waals surface area (Å²) in [5.41, 5.74) is 1.23. The highest BCUT2D eigenvalue weighted by atomic mass is 32.1. The summed E-state index contributed by atoms with van der Waals surface area (Å²) in [7, 11) is 1.67. The summed E-state index contributed by atoms with van der Waals surface area (Å²) in [5.74, 6) is -1.90. The molecule has 5 heteroatoms. The molecule has 0 aliphatic carbocycles. The van der Waals surface area contributed by atoms with Crippen molar-refractivity contribution in [1.82, 2.24) is 4.90 Å². The van der Waals surface area contributed by atoms with Gasteiger partial charge in [0.05, 0.1) is 11.6 Å². The van der Waals surface area contributed by atoms with Gasteiger partial charge in [-0.05, 0) is 44.5 Å². The lowest BCUT2D eigenvalue weighted by atomic mass is 10.1. The fourth-order valence-corrected chi connectivity index (χ4v) is 3.12. The van der Waals surface area contributed by atoms with Gasteiger partial charge in [-0.15, -0.1) is 11.3 Å². The zero-order chi connectivity index (χ0) is 15.7. The summed E-state index contributed by atoms with van der Waals surface area (Å²) in [4.78, 5) is 16.1. The molecule has 0 spiro atoms. The van der Waals surface area contributed by atoms with E-state index in [0.29, 0.717) is 11.1 Å². The zero-order valence-electron chi connectivity index (χ0n) is 12.4. The standard InChI is InChI=1S/C16H17F2NOS/c1-9-7-13(11(3)21-9)16(20)19(4)10(2)12-5-6-14(17)15(18)8-12/h5-8,10H,1-4H3. The first kappa shape index (κ1) is 15.6. The van der Waals surface area contributed by atoms with Gasteiger partial charge in [0.1, 0.15) is 0 Å². The van der Waals surface area contributed by atoms with Crippen LogP contribution in [0.4, 0.5) is 8.78 Å². The molecule has 0 fully saturated rings. The Morgan fingerprint density at radius 2 is 1.86 bits per heavy atom. The predicted molar refractivity (Wildman–Crippen MR) is 80.7 cm³/mol. The normalized spacial score (nSPS) is 12.3. The molecule has 1 heterocycles. The predicted octanol–water partition coefficient (Wildman–Crippen LogP) is 4.48. The number of carbonyl (C=O) groups excluding carboxylic acids is 1. The van der Waals surface area contributed by atoms with E-state index in [4.69, 9.17) is 0 Å². The van der Waals surface area contributed by atoms with Crippen LogP contribution in [0.25, 0.3) is 0 Å². The molecule has 1 amide bonds. The van der Waals surface area contributed by atoms with E-state index in [1.165, 1.54) is 6.07 Å². The van der Waals surface area contributed by atoms with Crippen LogP contribution in [0.15, 0.2) is 24.3 Å². The molecule has 1 aromatic carbocycles. The lowest BCUT2D eigenvalue weighted by Crippen LogP contribution is -2.29. The molecule has 0 N–H and O–H groups in total. The quantitative estimate of drug-likeness (QED) is 0.819. The average molecular weight is 309 g/mol. The van der Waals surface area contributed by atoms with E-state index in [1.54, 1.807) is 30.2 Å². The number of halogens is 2. The Labute approximate surface area is 127 Å². The highest BCUT2D eigenvalue weighted by molar-refractivity contribution is 7.12. The Bertz CT molecular complexity index is 681. The second-order valence-corrected chi connectivity index (χ2v) is 6.55. The fraction of sp³-hybridized carbons (Fsp3) is 0.312. The molecule has 112 valence electrons. The number of nitrogens with zero attached hydrogens (tertiary/aromatic N) is 1. The lowest BCUT2D eigenvalue weighted by molar-refractivity contribution is 0.0742. The van der Waals surface area contributed by atoms with Crippen LogP contribution in [-0.4, -0.2) is 17.9 Å². The van der Waals surface area contributed by atoms with Gasteiger partial charge >= 0.3 is 0 Å². The van der Waals surface area contributed by atoms with Crippen LogP contribution in [0.1, 0.15) is 38.6 Å². The Kier molecular flexibility index (Phi) is 4.42. The van der Waals surface area contributed by atoms with Gasteiger partial charge in [-0.25, -0.2) is 8.78 Å². The Morgan fingerprint density at radius 1 is 1.19 bits per heavy atom. The molecular formula is C16H17F2NOS. The minimum Gasteiger partial charge on any atom is -0.335 e. The molecule has 1 unspecified atom stereocenters. The monoisotopic (exact) mass is 309 g/mol. The van der Waals surface area contributed by atoms with Crippen molar-refractivity contribution in [2.45, 2.75) is 26.8 Å². The fourth-order valence-electron chi connectivity index (χ4n) is 2.20. The van der Waals surface area contributed by atoms with Crippen LogP contribution in [0, 0.1) is 25.5 Å². The molecule has 0 saturated heterocycles. The second-order valence-electron chi connectivity index (χ2n) is 5.09. The van der Waals surface area contributed by atoms with Crippen molar-refractivity contribution < 1.29 is 13.6 Å². The third-order valence-electron chi connectivity index (χ3n) is 3.60. The summed E-state index contributed by atoms with van der Waals surface area (Å²) in [6.45, 7) is 5.65. The lowest BCUT2D eigenvalue weighted by Gasteiger charge is -2.25. The van der Waals surface area contributed by atoms with Gasteiger partial charge in [-0.1, -0.05) is 6.07 Å². The van der Waals surface area contributed by atoms with Crippen molar-refractivity contribution in [3.8, 4) is 0 Å². The topological polar surface area (TPSA) is 20.3 Å². The van der Waals surface area contributed by atoms with E-state index in [0.717, 1.165) is 21.9 Å². The van der Waals surface area contributed by atoms with E-state index in [-0.39, 0.29) is 11.9 Å². The van der Waals surface area contributed by atoms with Crippen LogP contribution >= 0.6 is 11.3 Å². The largest absolute Gasteiger partial charge is 0.335 e. The summed E-state index contributed by atoms with van der Waals surface area (Å²) < 4.78 is 26.3. The number of hydrogen-bond donors (Lipinski definition) is 0. The number of aryl methyl sites for hydroxylation is 2. The molecule has 1 aromatic heterocycles. The smallest absolute Gasteiger partial charge is 0.255 e. The van der Waals surface area contributed by atoms with Crippen molar-refractivity contribution >= 4 is 17.2 Å². The van der Waals surface area contributed by atoms with Crippen LogP contribution in [0.3, 0.4) is 0 Å². The van der Waals surface area contributed by atoms with Crippen LogP contribution < -0.4 is 0 Å². The first-order valence-corrected chi connectivity index (χ1v) is 7.42. The SMILES string of the molecule is Cc1cc(C(=O)N(C)C(C)c2ccc(F)c(F)c2)c(C)s1. The number of benzene rings is 1. The Morgan fingerprint density at radius 3 is 2.38 bits per heavy atom. The Hall–Kier alpha value is -1.75. The van der Waals surface area contributed by atoms with Crippen LogP contribution in [-0.2, 0) is 0 Å². The third-order valence-corrected chi connectivity index (χ3v) is 4.56. The van der Waals surface area contributed by atoms with Gasteiger partial charge in [0.15, 0.2) is 11.6 Å². The van der Waals surface area contributed by atoms with E-state index in [2.05, 4.69) is 0 Å². The summed E-state index contributed by atoms with van der Waals surface area (Å²) >= 11 is 1.57. The third kappa shape index (κ3) is 3.13. The summed E-state index contributed by atoms with van der Waals surface area (Å²) in [5, 5.41) is 0.